The standard InChI is InChI=1S/C22H34N2O4/c1-2-3-4-5-6-7-8-9-17-24(20(25)11-10-12-21(26)27)22(28)18-13-15-19(23)16-14-18/h13-16H,2-12,17,23H2,1H3,(H,26,27). The van der Waals surface area contributed by atoms with Crippen LogP contribution in [0, 0.1) is 0 Å². The Labute approximate surface area is 168 Å². The maximum absolute atomic E-state index is 12.8. The number of carbonyl (C=O) groups excluding carboxylic acids is 2. The molecule has 28 heavy (non-hydrogen) atoms. The molecule has 0 spiro atoms. The number of rotatable bonds is 14. The van der Waals surface area contributed by atoms with Crippen molar-refractivity contribution in [2.45, 2.75) is 77.6 Å². The fourth-order valence-corrected chi connectivity index (χ4v) is 3.05. The summed E-state index contributed by atoms with van der Waals surface area (Å²) < 4.78 is 0. The number of imide groups is 1. The normalized spacial score (nSPS) is 10.6. The number of hydrogen-bond donors (Lipinski definition) is 2. The molecule has 6 nitrogen and oxygen atoms in total. The molecule has 0 radical (unpaired) electrons. The Hall–Kier alpha value is -2.37. The fourth-order valence-electron chi connectivity index (χ4n) is 3.05. The number of carboxylic acid groups (broad SMARTS) is 1. The van der Waals surface area contributed by atoms with E-state index in [2.05, 4.69) is 6.92 Å². The van der Waals surface area contributed by atoms with Gasteiger partial charge in [-0.2, -0.15) is 0 Å². The van der Waals surface area contributed by atoms with E-state index < -0.39 is 5.97 Å². The number of aliphatic carboxylic acids is 1. The second-order valence-electron chi connectivity index (χ2n) is 7.19. The van der Waals surface area contributed by atoms with Crippen molar-refractivity contribution in [1.82, 2.24) is 4.90 Å². The van der Waals surface area contributed by atoms with E-state index in [-0.39, 0.29) is 31.1 Å². The predicted octanol–water partition coefficient (Wildman–Crippen LogP) is 4.63. The summed E-state index contributed by atoms with van der Waals surface area (Å²) in [6.45, 7) is 2.56. The zero-order valence-corrected chi connectivity index (χ0v) is 17.0. The second kappa shape index (κ2) is 13.7. The van der Waals surface area contributed by atoms with Crippen LogP contribution in [-0.2, 0) is 9.59 Å². The lowest BCUT2D eigenvalue weighted by atomic mass is 10.1. The van der Waals surface area contributed by atoms with Crippen LogP contribution >= 0.6 is 0 Å². The number of nitrogen functional groups attached to an aromatic ring is 1. The van der Waals surface area contributed by atoms with Crippen LogP contribution in [0.5, 0.6) is 0 Å². The molecule has 0 atom stereocenters. The fraction of sp³-hybridized carbons (Fsp3) is 0.591. The highest BCUT2D eigenvalue weighted by Gasteiger charge is 2.22. The molecule has 0 aliphatic heterocycles. The zero-order chi connectivity index (χ0) is 20.8. The molecule has 0 aliphatic carbocycles. The summed E-state index contributed by atoms with van der Waals surface area (Å²) in [7, 11) is 0. The summed E-state index contributed by atoms with van der Waals surface area (Å²) >= 11 is 0. The van der Waals surface area contributed by atoms with E-state index in [1.807, 2.05) is 0 Å². The van der Waals surface area contributed by atoms with Crippen molar-refractivity contribution in [3.05, 3.63) is 29.8 Å². The van der Waals surface area contributed by atoms with Crippen LogP contribution in [0.1, 0.15) is 87.9 Å². The van der Waals surface area contributed by atoms with Gasteiger partial charge in [-0.15, -0.1) is 0 Å². The summed E-state index contributed by atoms with van der Waals surface area (Å²) in [5, 5.41) is 8.75. The molecule has 0 aliphatic rings. The second-order valence-corrected chi connectivity index (χ2v) is 7.19. The van der Waals surface area contributed by atoms with E-state index in [4.69, 9.17) is 10.8 Å². The van der Waals surface area contributed by atoms with Gasteiger partial charge in [-0.25, -0.2) is 0 Å². The highest BCUT2D eigenvalue weighted by atomic mass is 16.4. The van der Waals surface area contributed by atoms with Crippen LogP contribution in [0.15, 0.2) is 24.3 Å². The Morgan fingerprint density at radius 2 is 1.43 bits per heavy atom. The lowest BCUT2D eigenvalue weighted by Crippen LogP contribution is -2.37. The van der Waals surface area contributed by atoms with Crippen LogP contribution in [0.2, 0.25) is 0 Å². The minimum atomic E-state index is -0.938. The molecule has 1 aromatic rings. The van der Waals surface area contributed by atoms with E-state index in [9.17, 15) is 14.4 Å². The molecule has 1 rings (SSSR count). The number of nitrogens with two attached hydrogens (primary N) is 1. The molecule has 0 fully saturated rings. The number of carboxylic acids is 1. The molecule has 0 aromatic heterocycles. The lowest BCUT2D eigenvalue weighted by molar-refractivity contribution is -0.137. The van der Waals surface area contributed by atoms with Gasteiger partial charge in [-0.1, -0.05) is 51.9 Å². The van der Waals surface area contributed by atoms with Crippen molar-refractivity contribution in [3.63, 3.8) is 0 Å². The molecule has 0 heterocycles. The van der Waals surface area contributed by atoms with Gasteiger partial charge >= 0.3 is 5.97 Å². The summed E-state index contributed by atoms with van der Waals surface area (Å²) in [5.41, 5.74) is 6.64. The van der Waals surface area contributed by atoms with Crippen LogP contribution in [0.25, 0.3) is 0 Å². The van der Waals surface area contributed by atoms with Crippen molar-refractivity contribution in [2.24, 2.45) is 0 Å². The molecule has 2 amide bonds. The average molecular weight is 391 g/mol. The molecular formula is C22H34N2O4. The van der Waals surface area contributed by atoms with E-state index in [0.717, 1.165) is 19.3 Å². The first-order chi connectivity index (χ1) is 13.5. The summed E-state index contributed by atoms with van der Waals surface area (Å²) in [6.07, 6.45) is 9.23. The van der Waals surface area contributed by atoms with Gasteiger partial charge in [-0.05, 0) is 37.1 Å². The van der Waals surface area contributed by atoms with Gasteiger partial charge in [0.05, 0.1) is 0 Å². The Morgan fingerprint density at radius 1 is 0.857 bits per heavy atom. The molecular weight excluding hydrogens is 356 g/mol. The third kappa shape index (κ3) is 9.53. The zero-order valence-electron chi connectivity index (χ0n) is 17.0. The van der Waals surface area contributed by atoms with Crippen LogP contribution in [0.3, 0.4) is 0 Å². The predicted molar refractivity (Wildman–Crippen MR) is 111 cm³/mol. The maximum Gasteiger partial charge on any atom is 0.303 e. The number of carbonyl (C=O) groups is 3. The number of hydrogen-bond acceptors (Lipinski definition) is 4. The largest absolute Gasteiger partial charge is 0.481 e. The van der Waals surface area contributed by atoms with E-state index >= 15 is 0 Å². The van der Waals surface area contributed by atoms with Crippen LogP contribution < -0.4 is 5.73 Å². The minimum Gasteiger partial charge on any atom is -0.481 e. The highest BCUT2D eigenvalue weighted by Crippen LogP contribution is 2.14. The van der Waals surface area contributed by atoms with Gasteiger partial charge in [0.25, 0.3) is 5.91 Å². The number of nitrogens with zero attached hydrogens (tertiary/aromatic N) is 1. The van der Waals surface area contributed by atoms with Crippen LogP contribution in [0.4, 0.5) is 5.69 Å². The Morgan fingerprint density at radius 3 is 2.00 bits per heavy atom. The van der Waals surface area contributed by atoms with E-state index in [1.54, 1.807) is 24.3 Å². The maximum atomic E-state index is 12.8. The smallest absolute Gasteiger partial charge is 0.303 e. The van der Waals surface area contributed by atoms with Gasteiger partial charge in [0.15, 0.2) is 0 Å². The van der Waals surface area contributed by atoms with E-state index in [1.165, 1.54) is 37.0 Å². The van der Waals surface area contributed by atoms with Gasteiger partial charge in [0.2, 0.25) is 5.91 Å². The van der Waals surface area contributed by atoms with Gasteiger partial charge < -0.3 is 10.8 Å². The molecule has 0 saturated carbocycles. The number of anilines is 1. The first kappa shape index (κ1) is 23.7. The first-order valence-electron chi connectivity index (χ1n) is 10.4. The Balaban J connectivity index is 2.57. The summed E-state index contributed by atoms with van der Waals surface area (Å²) in [4.78, 5) is 37.3. The third-order valence-corrected chi connectivity index (χ3v) is 4.72. The molecule has 1 aromatic carbocycles. The van der Waals surface area contributed by atoms with Crippen LogP contribution in [-0.4, -0.2) is 34.3 Å². The average Bonchev–Trinajstić information content (AvgIpc) is 2.66. The molecule has 0 unspecified atom stereocenters. The van der Waals surface area contributed by atoms with Gasteiger partial charge in [0.1, 0.15) is 0 Å². The minimum absolute atomic E-state index is 0.0596. The molecule has 3 N–H and O–H groups in total. The topological polar surface area (TPSA) is 101 Å². The van der Waals surface area contributed by atoms with Gasteiger partial charge in [-0.3, -0.25) is 19.3 Å². The molecule has 0 bridgehead atoms. The Kier molecular flexibility index (Phi) is 11.6. The number of amides is 2. The quantitative estimate of drug-likeness (QED) is 0.356. The number of benzene rings is 1. The van der Waals surface area contributed by atoms with E-state index in [0.29, 0.717) is 17.8 Å². The monoisotopic (exact) mass is 390 g/mol. The number of unbranched alkanes of at least 4 members (excludes halogenated alkanes) is 7. The summed E-state index contributed by atoms with van der Waals surface area (Å²) in [5.74, 6) is -1.60. The SMILES string of the molecule is CCCCCCCCCCN(C(=O)CCCC(=O)O)C(=O)c1ccc(N)cc1. The molecule has 6 heteroatoms. The molecule has 156 valence electrons. The van der Waals surface area contributed by atoms with Crippen molar-refractivity contribution >= 4 is 23.5 Å². The lowest BCUT2D eigenvalue weighted by Gasteiger charge is -2.21. The Bertz CT molecular complexity index is 613. The van der Waals surface area contributed by atoms with Crippen molar-refractivity contribution in [2.75, 3.05) is 12.3 Å². The van der Waals surface area contributed by atoms with Crippen molar-refractivity contribution in [3.8, 4) is 0 Å². The third-order valence-electron chi connectivity index (χ3n) is 4.72. The van der Waals surface area contributed by atoms with Crippen molar-refractivity contribution in [1.29, 1.82) is 0 Å². The highest BCUT2D eigenvalue weighted by molar-refractivity contribution is 6.04. The van der Waals surface area contributed by atoms with Gasteiger partial charge in [0, 0.05) is 30.6 Å². The molecule has 0 saturated heterocycles. The first-order valence-corrected chi connectivity index (χ1v) is 10.4. The van der Waals surface area contributed by atoms with Crippen molar-refractivity contribution < 1.29 is 19.5 Å². The summed E-state index contributed by atoms with van der Waals surface area (Å²) in [6, 6.07) is 6.50.